The summed E-state index contributed by atoms with van der Waals surface area (Å²) < 4.78 is 13.5. The zero-order valence-electron chi connectivity index (χ0n) is 18.3. The molecule has 0 unspecified atom stereocenters. The van der Waals surface area contributed by atoms with Crippen LogP contribution < -0.4 is 15.1 Å². The van der Waals surface area contributed by atoms with Crippen molar-refractivity contribution in [1.29, 1.82) is 0 Å². The van der Waals surface area contributed by atoms with Crippen LogP contribution >= 0.6 is 11.6 Å². The summed E-state index contributed by atoms with van der Waals surface area (Å²) in [6.45, 7) is 5.93. The summed E-state index contributed by atoms with van der Waals surface area (Å²) in [5, 5.41) is 3.53. The standard InChI is InChI=1S/C26H23ClFN3O2/c1-3-30(4-2)21-14-12-20(13-15-21)29-24-23(17-8-10-19(28)11-9-17)25(32)31(26(24)33)22-7-5-6-18(27)16-22/h5-16,29H,3-4H2,1-2H3. The van der Waals surface area contributed by atoms with Crippen molar-refractivity contribution >= 4 is 46.1 Å². The maximum atomic E-state index is 13.5. The zero-order valence-corrected chi connectivity index (χ0v) is 19.1. The van der Waals surface area contributed by atoms with Gasteiger partial charge in [0.05, 0.1) is 11.3 Å². The number of halogens is 2. The van der Waals surface area contributed by atoms with Crippen LogP contribution in [0.3, 0.4) is 0 Å². The van der Waals surface area contributed by atoms with E-state index >= 15 is 0 Å². The van der Waals surface area contributed by atoms with Gasteiger partial charge in [0, 0.05) is 29.5 Å². The molecule has 4 rings (SSSR count). The van der Waals surface area contributed by atoms with Crippen LogP contribution in [0.25, 0.3) is 5.57 Å². The lowest BCUT2D eigenvalue weighted by atomic mass is 10.0. The molecule has 0 saturated carbocycles. The molecule has 0 atom stereocenters. The molecule has 0 spiro atoms. The third-order valence-corrected chi connectivity index (χ3v) is 5.78. The Morgan fingerprint density at radius 3 is 2.18 bits per heavy atom. The van der Waals surface area contributed by atoms with Crippen LogP contribution in [0.1, 0.15) is 19.4 Å². The molecule has 1 aliphatic heterocycles. The molecule has 1 N–H and O–H groups in total. The Kier molecular flexibility index (Phi) is 6.47. The third-order valence-electron chi connectivity index (χ3n) is 5.55. The number of nitrogens with zero attached hydrogens (tertiary/aromatic N) is 2. The van der Waals surface area contributed by atoms with Gasteiger partial charge >= 0.3 is 0 Å². The van der Waals surface area contributed by atoms with Crippen LogP contribution in [-0.4, -0.2) is 24.9 Å². The quantitative estimate of drug-likeness (QED) is 0.455. The van der Waals surface area contributed by atoms with Gasteiger partial charge in [-0.25, -0.2) is 9.29 Å². The van der Waals surface area contributed by atoms with E-state index in [1.807, 2.05) is 24.3 Å². The first-order chi connectivity index (χ1) is 15.9. The maximum Gasteiger partial charge on any atom is 0.282 e. The molecule has 0 bridgehead atoms. The summed E-state index contributed by atoms with van der Waals surface area (Å²) in [6, 6.07) is 19.7. The van der Waals surface area contributed by atoms with Crippen molar-refractivity contribution in [3.8, 4) is 0 Å². The van der Waals surface area contributed by atoms with Gasteiger partial charge in [0.15, 0.2) is 0 Å². The van der Waals surface area contributed by atoms with E-state index in [4.69, 9.17) is 11.6 Å². The van der Waals surface area contributed by atoms with Crippen molar-refractivity contribution in [3.63, 3.8) is 0 Å². The van der Waals surface area contributed by atoms with E-state index in [1.54, 1.807) is 24.3 Å². The first-order valence-corrected chi connectivity index (χ1v) is 11.1. The van der Waals surface area contributed by atoms with Gasteiger partial charge in [-0.1, -0.05) is 29.8 Å². The van der Waals surface area contributed by atoms with Crippen LogP contribution in [0, 0.1) is 5.82 Å². The summed E-state index contributed by atoms with van der Waals surface area (Å²) in [5.74, 6) is -1.44. The van der Waals surface area contributed by atoms with Crippen molar-refractivity contribution in [1.82, 2.24) is 0 Å². The van der Waals surface area contributed by atoms with E-state index in [9.17, 15) is 14.0 Å². The monoisotopic (exact) mass is 463 g/mol. The second-order valence-electron chi connectivity index (χ2n) is 7.53. The lowest BCUT2D eigenvalue weighted by Gasteiger charge is -2.21. The molecule has 1 heterocycles. The Hall–Kier alpha value is -3.64. The number of nitrogens with one attached hydrogen (secondary N) is 1. The van der Waals surface area contributed by atoms with Gasteiger partial charge in [-0.15, -0.1) is 0 Å². The average molecular weight is 464 g/mol. The molecule has 5 nitrogen and oxygen atoms in total. The SMILES string of the molecule is CCN(CC)c1ccc(NC2=C(c3ccc(F)cc3)C(=O)N(c3cccc(Cl)c3)C2=O)cc1. The summed E-state index contributed by atoms with van der Waals surface area (Å²) in [7, 11) is 0. The van der Waals surface area contributed by atoms with Crippen molar-refractivity contribution in [2.24, 2.45) is 0 Å². The maximum absolute atomic E-state index is 13.5. The lowest BCUT2D eigenvalue weighted by molar-refractivity contribution is -0.120. The second-order valence-corrected chi connectivity index (χ2v) is 7.96. The molecule has 1 aliphatic rings. The smallest absolute Gasteiger partial charge is 0.282 e. The van der Waals surface area contributed by atoms with E-state index in [1.165, 1.54) is 24.3 Å². The Morgan fingerprint density at radius 2 is 1.58 bits per heavy atom. The number of carbonyl (C=O) groups is 2. The molecule has 3 aromatic rings. The lowest BCUT2D eigenvalue weighted by Crippen LogP contribution is -2.32. The van der Waals surface area contributed by atoms with Gasteiger partial charge in [-0.05, 0) is 74.0 Å². The Bertz CT molecular complexity index is 1220. The van der Waals surface area contributed by atoms with E-state index in [2.05, 4.69) is 24.1 Å². The molecule has 0 aromatic heterocycles. The highest BCUT2D eigenvalue weighted by atomic mass is 35.5. The fourth-order valence-corrected chi connectivity index (χ4v) is 4.05. The molecule has 0 aliphatic carbocycles. The minimum absolute atomic E-state index is 0.127. The van der Waals surface area contributed by atoms with Crippen molar-refractivity contribution in [2.45, 2.75) is 13.8 Å². The predicted octanol–water partition coefficient (Wildman–Crippen LogP) is 5.72. The van der Waals surface area contributed by atoms with Gasteiger partial charge in [0.2, 0.25) is 0 Å². The average Bonchev–Trinajstić information content (AvgIpc) is 3.05. The number of amides is 2. The van der Waals surface area contributed by atoms with Gasteiger partial charge in [0.25, 0.3) is 11.8 Å². The first-order valence-electron chi connectivity index (χ1n) is 10.7. The van der Waals surface area contributed by atoms with Crippen LogP contribution in [-0.2, 0) is 9.59 Å². The minimum Gasteiger partial charge on any atom is -0.372 e. The first kappa shape index (κ1) is 22.6. The predicted molar refractivity (Wildman–Crippen MR) is 131 cm³/mol. The Labute approximate surface area is 197 Å². The normalized spacial score (nSPS) is 13.6. The molecule has 33 heavy (non-hydrogen) atoms. The van der Waals surface area contributed by atoms with Gasteiger partial charge in [0.1, 0.15) is 11.5 Å². The number of rotatable bonds is 7. The number of carbonyl (C=O) groups excluding carboxylic acids is 2. The van der Waals surface area contributed by atoms with Crippen molar-refractivity contribution in [3.05, 3.63) is 94.9 Å². The highest BCUT2D eigenvalue weighted by Gasteiger charge is 2.40. The van der Waals surface area contributed by atoms with Crippen molar-refractivity contribution < 1.29 is 14.0 Å². The third kappa shape index (κ3) is 4.47. The summed E-state index contributed by atoms with van der Waals surface area (Å²) in [4.78, 5) is 30.1. The second kappa shape index (κ2) is 9.46. The minimum atomic E-state index is -0.505. The molecule has 168 valence electrons. The number of anilines is 3. The molecular weight excluding hydrogens is 441 g/mol. The molecule has 0 radical (unpaired) electrons. The van der Waals surface area contributed by atoms with Crippen LogP contribution in [0.5, 0.6) is 0 Å². The highest BCUT2D eigenvalue weighted by Crippen LogP contribution is 2.34. The Morgan fingerprint density at radius 1 is 0.909 bits per heavy atom. The largest absolute Gasteiger partial charge is 0.372 e. The highest BCUT2D eigenvalue weighted by molar-refractivity contribution is 6.46. The molecule has 0 fully saturated rings. The molecular formula is C26H23ClFN3O2. The van der Waals surface area contributed by atoms with Gasteiger partial charge < -0.3 is 10.2 Å². The van der Waals surface area contributed by atoms with Crippen molar-refractivity contribution in [2.75, 3.05) is 28.2 Å². The fraction of sp³-hybridized carbons (Fsp3) is 0.154. The van der Waals surface area contributed by atoms with E-state index in [0.29, 0.717) is 22.0 Å². The van der Waals surface area contributed by atoms with E-state index in [-0.39, 0.29) is 11.3 Å². The fourth-order valence-electron chi connectivity index (χ4n) is 3.87. The van der Waals surface area contributed by atoms with Gasteiger partial charge in [-0.2, -0.15) is 0 Å². The zero-order chi connectivity index (χ0) is 23.5. The van der Waals surface area contributed by atoms with Gasteiger partial charge in [-0.3, -0.25) is 9.59 Å². The Balaban J connectivity index is 1.74. The molecule has 0 saturated heterocycles. The molecule has 3 aromatic carbocycles. The summed E-state index contributed by atoms with van der Waals surface area (Å²) in [5.41, 5.74) is 2.84. The molecule has 7 heteroatoms. The number of imide groups is 1. The van der Waals surface area contributed by atoms with Crippen LogP contribution in [0.2, 0.25) is 5.02 Å². The van der Waals surface area contributed by atoms with Crippen LogP contribution in [0.15, 0.2) is 78.5 Å². The molecule has 2 amide bonds. The number of hydrogen-bond donors (Lipinski definition) is 1. The number of benzene rings is 3. The van der Waals surface area contributed by atoms with E-state index < -0.39 is 17.6 Å². The number of hydrogen-bond acceptors (Lipinski definition) is 4. The summed E-state index contributed by atoms with van der Waals surface area (Å²) >= 11 is 6.10. The van der Waals surface area contributed by atoms with E-state index in [0.717, 1.165) is 23.7 Å². The summed E-state index contributed by atoms with van der Waals surface area (Å²) in [6.07, 6.45) is 0. The topological polar surface area (TPSA) is 52.7 Å². The van der Waals surface area contributed by atoms with Crippen LogP contribution in [0.4, 0.5) is 21.5 Å².